The number of rotatable bonds is 16. The molecule has 0 bridgehead atoms. The van der Waals surface area contributed by atoms with Gasteiger partial charge in [-0.15, -0.1) is 0 Å². The molecule has 0 N–H and O–H groups in total. The maximum Gasteiger partial charge on any atom is 0.433 e. The van der Waals surface area contributed by atoms with Gasteiger partial charge in [-0.2, -0.15) is 23.2 Å². The predicted octanol–water partition coefficient (Wildman–Crippen LogP) is 6.06. The third-order valence-electron chi connectivity index (χ3n) is 3.09. The summed E-state index contributed by atoms with van der Waals surface area (Å²) in [5, 5.41) is 0. The molecule has 0 aliphatic heterocycles. The highest BCUT2D eigenvalue weighted by Crippen LogP contribution is 2.55. The van der Waals surface area contributed by atoms with Crippen molar-refractivity contribution in [2.24, 2.45) is 0 Å². The quantitative estimate of drug-likeness (QED) is 0.183. The van der Waals surface area contributed by atoms with Crippen LogP contribution in [0.5, 0.6) is 0 Å². The smallest absolute Gasteiger partial charge is 0.403 e. The summed E-state index contributed by atoms with van der Waals surface area (Å²) >= 11 is 3.60. The topological polar surface area (TPSA) is 44.8 Å². The molecular formula is C15H34BO4PS2. The molecule has 4 nitrogen and oxygen atoms in total. The Labute approximate surface area is 152 Å². The maximum absolute atomic E-state index is 13.0. The van der Waals surface area contributed by atoms with Gasteiger partial charge in [0.05, 0.1) is 13.2 Å². The molecule has 0 aliphatic carbocycles. The molecule has 8 heteroatoms. The van der Waals surface area contributed by atoms with Gasteiger partial charge in [-0.3, -0.25) is 4.57 Å². The first-order chi connectivity index (χ1) is 11.1. The molecule has 0 saturated heterocycles. The van der Waals surface area contributed by atoms with Gasteiger partial charge >= 0.3 is 13.1 Å². The summed E-state index contributed by atoms with van der Waals surface area (Å²) in [6.07, 6.45) is 5.31. The summed E-state index contributed by atoms with van der Waals surface area (Å²) in [6, 6.07) is 0. The normalized spacial score (nSPS) is 13.3. The fraction of sp³-hybridized carbons (Fsp3) is 1.00. The van der Waals surface area contributed by atoms with E-state index in [-0.39, 0.29) is 5.47 Å². The fourth-order valence-electron chi connectivity index (χ4n) is 1.86. The first kappa shape index (κ1) is 23.9. The SMILES string of the molecule is CCCCSB(OC(CC)P(=O)(OCC)OCC)SCCCC. The molecule has 0 aromatic rings. The molecule has 23 heavy (non-hydrogen) atoms. The minimum Gasteiger partial charge on any atom is -0.403 e. The van der Waals surface area contributed by atoms with E-state index in [1.807, 2.05) is 20.8 Å². The van der Waals surface area contributed by atoms with Crippen molar-refractivity contribution in [1.82, 2.24) is 0 Å². The summed E-state index contributed by atoms with van der Waals surface area (Å²) in [6.45, 7) is 10.8. The average Bonchev–Trinajstić information content (AvgIpc) is 2.52. The van der Waals surface area contributed by atoms with Crippen LogP contribution in [0.1, 0.15) is 66.7 Å². The van der Waals surface area contributed by atoms with Gasteiger partial charge in [0.2, 0.25) is 0 Å². The second kappa shape index (κ2) is 15.2. The second-order valence-electron chi connectivity index (χ2n) is 5.11. The lowest BCUT2D eigenvalue weighted by atomic mass is 10.4. The van der Waals surface area contributed by atoms with E-state index >= 15 is 0 Å². The van der Waals surface area contributed by atoms with E-state index in [0.717, 1.165) is 11.5 Å². The Hall–Kier alpha value is 0.875. The van der Waals surface area contributed by atoms with Crippen LogP contribution in [0.15, 0.2) is 0 Å². The van der Waals surface area contributed by atoms with Crippen molar-refractivity contribution in [3.63, 3.8) is 0 Å². The average molecular weight is 384 g/mol. The molecule has 0 aromatic heterocycles. The molecule has 1 atom stereocenters. The van der Waals surface area contributed by atoms with E-state index in [4.69, 9.17) is 13.7 Å². The van der Waals surface area contributed by atoms with Gasteiger partial charge in [-0.1, -0.05) is 33.6 Å². The largest absolute Gasteiger partial charge is 0.433 e. The highest BCUT2D eigenvalue weighted by molar-refractivity contribution is 8.53. The van der Waals surface area contributed by atoms with E-state index in [1.165, 1.54) is 25.7 Å². The standard InChI is InChI=1S/C15H34BO4PS2/c1-6-11-13-22-16(23-14-12-7-2)20-15(8-3)21(17,18-9-4)19-10-5/h15H,6-14H2,1-5H3. The zero-order valence-corrected chi connectivity index (χ0v) is 17.9. The maximum atomic E-state index is 13.0. The van der Waals surface area contributed by atoms with Crippen LogP contribution in [0.25, 0.3) is 0 Å². The Morgan fingerprint density at radius 2 is 1.39 bits per heavy atom. The van der Waals surface area contributed by atoms with Crippen molar-refractivity contribution in [1.29, 1.82) is 0 Å². The first-order valence-corrected chi connectivity index (χ1v) is 12.6. The molecule has 0 spiro atoms. The van der Waals surface area contributed by atoms with Gasteiger partial charge in [0.1, 0.15) is 5.85 Å². The Bertz CT molecular complexity index is 304. The van der Waals surface area contributed by atoms with Crippen LogP contribution in [-0.2, 0) is 18.3 Å². The lowest BCUT2D eigenvalue weighted by Gasteiger charge is -2.28. The number of hydrogen-bond donors (Lipinski definition) is 0. The third-order valence-corrected chi connectivity index (χ3v) is 8.15. The van der Waals surface area contributed by atoms with Crippen molar-refractivity contribution >= 4 is 36.3 Å². The Balaban J connectivity index is 4.80. The van der Waals surface area contributed by atoms with Crippen LogP contribution >= 0.6 is 30.8 Å². The van der Waals surface area contributed by atoms with Crippen molar-refractivity contribution in [2.45, 2.75) is 72.6 Å². The molecule has 0 aromatic carbocycles. The molecule has 1 unspecified atom stereocenters. The van der Waals surface area contributed by atoms with Gasteiger partial charge < -0.3 is 13.7 Å². The Morgan fingerprint density at radius 3 is 1.74 bits per heavy atom. The molecule has 0 rings (SSSR count). The van der Waals surface area contributed by atoms with Crippen LogP contribution in [0, 0.1) is 0 Å². The number of unbranched alkanes of at least 4 members (excludes halogenated alkanes) is 2. The third kappa shape index (κ3) is 10.5. The number of hydrogen-bond acceptors (Lipinski definition) is 6. The van der Waals surface area contributed by atoms with Crippen molar-refractivity contribution < 1.29 is 18.3 Å². The molecule has 138 valence electrons. The fourth-order valence-corrected chi connectivity index (χ4v) is 6.55. The van der Waals surface area contributed by atoms with Crippen LogP contribution < -0.4 is 0 Å². The van der Waals surface area contributed by atoms with Crippen LogP contribution in [0.3, 0.4) is 0 Å². The lowest BCUT2D eigenvalue weighted by Crippen LogP contribution is -2.24. The van der Waals surface area contributed by atoms with Crippen molar-refractivity contribution in [3.8, 4) is 0 Å². The minimum atomic E-state index is -3.21. The first-order valence-electron chi connectivity index (χ1n) is 8.85. The Kier molecular flexibility index (Phi) is 15.7. The van der Waals surface area contributed by atoms with E-state index in [2.05, 4.69) is 13.8 Å². The van der Waals surface area contributed by atoms with Gasteiger partial charge in [-0.05, 0) is 44.6 Å². The van der Waals surface area contributed by atoms with Gasteiger partial charge in [0.25, 0.3) is 0 Å². The molecule has 0 radical (unpaired) electrons. The van der Waals surface area contributed by atoms with Crippen LogP contribution in [-0.4, -0.2) is 36.0 Å². The minimum absolute atomic E-state index is 0.00714. The van der Waals surface area contributed by atoms with E-state index in [1.54, 1.807) is 23.2 Å². The highest BCUT2D eigenvalue weighted by Gasteiger charge is 2.38. The Morgan fingerprint density at radius 1 is 0.913 bits per heavy atom. The predicted molar refractivity (Wildman–Crippen MR) is 107 cm³/mol. The highest BCUT2D eigenvalue weighted by atomic mass is 32.2. The van der Waals surface area contributed by atoms with Crippen molar-refractivity contribution in [2.75, 3.05) is 24.7 Å². The summed E-state index contributed by atoms with van der Waals surface area (Å²) in [4.78, 5) is 0. The van der Waals surface area contributed by atoms with E-state index < -0.39 is 13.4 Å². The summed E-state index contributed by atoms with van der Waals surface area (Å²) < 4.78 is 30.1. The second-order valence-corrected chi connectivity index (χ2v) is 9.92. The van der Waals surface area contributed by atoms with Crippen LogP contribution in [0.4, 0.5) is 0 Å². The molecule has 0 fully saturated rings. The van der Waals surface area contributed by atoms with Gasteiger partial charge in [0, 0.05) is 0 Å². The molecular weight excluding hydrogens is 350 g/mol. The van der Waals surface area contributed by atoms with Gasteiger partial charge in [0.15, 0.2) is 0 Å². The van der Waals surface area contributed by atoms with E-state index in [9.17, 15) is 4.57 Å². The van der Waals surface area contributed by atoms with E-state index in [0.29, 0.717) is 19.6 Å². The van der Waals surface area contributed by atoms with Crippen LogP contribution in [0.2, 0.25) is 0 Å². The lowest BCUT2D eigenvalue weighted by molar-refractivity contribution is 0.163. The van der Waals surface area contributed by atoms with Gasteiger partial charge in [-0.25, -0.2) is 0 Å². The molecule has 0 aliphatic rings. The summed E-state index contributed by atoms with van der Waals surface area (Å²) in [5.41, 5.74) is -0.00714. The zero-order chi connectivity index (χ0) is 17.6. The monoisotopic (exact) mass is 384 g/mol. The zero-order valence-electron chi connectivity index (χ0n) is 15.4. The van der Waals surface area contributed by atoms with Crippen molar-refractivity contribution in [3.05, 3.63) is 0 Å². The molecule has 0 amide bonds. The molecule has 0 saturated carbocycles. The summed E-state index contributed by atoms with van der Waals surface area (Å²) in [5.74, 6) is 1.63. The summed E-state index contributed by atoms with van der Waals surface area (Å²) in [7, 11) is -3.21. The molecule has 0 heterocycles.